The number of rotatable bonds is 4. The first-order valence-electron chi connectivity index (χ1n) is 4.75. The summed E-state index contributed by atoms with van der Waals surface area (Å²) in [4.78, 5) is 30.7. The Morgan fingerprint density at radius 1 is 1.56 bits per heavy atom. The summed E-state index contributed by atoms with van der Waals surface area (Å²) < 4.78 is 0. The van der Waals surface area contributed by atoms with Crippen LogP contribution >= 0.6 is 0 Å². The Morgan fingerprint density at radius 3 is 2.67 bits per heavy atom. The highest BCUT2D eigenvalue weighted by Gasteiger charge is 2.21. The molecule has 0 aliphatic heterocycles. The van der Waals surface area contributed by atoms with E-state index in [0.717, 1.165) is 6.07 Å². The lowest BCUT2D eigenvalue weighted by Crippen LogP contribution is -2.31. The molecule has 0 bridgehead atoms. The van der Waals surface area contributed by atoms with Gasteiger partial charge in [-0.05, 0) is 18.1 Å². The highest BCUT2D eigenvalue weighted by atomic mass is 16.6. The second-order valence-corrected chi connectivity index (χ2v) is 3.55. The molecule has 1 aromatic rings. The molecule has 5 N–H and O–H groups in total. The zero-order valence-electron chi connectivity index (χ0n) is 9.07. The monoisotopic (exact) mass is 254 g/mol. The van der Waals surface area contributed by atoms with Crippen LogP contribution in [0.3, 0.4) is 0 Å². The van der Waals surface area contributed by atoms with Gasteiger partial charge in [-0.25, -0.2) is 0 Å². The Balaban J connectivity index is 3.08. The van der Waals surface area contributed by atoms with Gasteiger partial charge in [-0.1, -0.05) is 0 Å². The van der Waals surface area contributed by atoms with Crippen LogP contribution in [-0.4, -0.2) is 22.0 Å². The molecule has 1 rings (SSSR count). The first-order chi connectivity index (χ1) is 8.36. The van der Waals surface area contributed by atoms with Gasteiger partial charge in [0.25, 0.3) is 0 Å². The number of hydrogen-bond donors (Lipinski definition) is 3. The second kappa shape index (κ2) is 5.19. The normalized spacial score (nSPS) is 11.8. The smallest absolute Gasteiger partial charge is 0.313 e. The minimum absolute atomic E-state index is 0.143. The molecule has 9 heteroatoms. The summed E-state index contributed by atoms with van der Waals surface area (Å²) in [6, 6.07) is 1.07. The van der Waals surface area contributed by atoms with Crippen LogP contribution in [0.1, 0.15) is 5.56 Å². The third-order valence-electron chi connectivity index (χ3n) is 2.24. The topological polar surface area (TPSA) is 162 Å². The Bertz CT molecular complexity index is 516. The number of nitro benzene ring substituents is 1. The van der Waals surface area contributed by atoms with Gasteiger partial charge < -0.3 is 16.6 Å². The third-order valence-corrected chi connectivity index (χ3v) is 2.24. The lowest BCUT2D eigenvalue weighted by molar-refractivity contribution is -0.385. The van der Waals surface area contributed by atoms with Crippen LogP contribution in [0.4, 0.5) is 11.4 Å². The molecule has 9 nitrogen and oxygen atoms in total. The van der Waals surface area contributed by atoms with E-state index in [1.165, 1.54) is 6.07 Å². The van der Waals surface area contributed by atoms with Crippen molar-refractivity contribution >= 4 is 17.3 Å². The van der Waals surface area contributed by atoms with E-state index in [1.54, 1.807) is 0 Å². The van der Waals surface area contributed by atoms with Gasteiger partial charge in [-0.3, -0.25) is 14.9 Å². The van der Waals surface area contributed by atoms with Crippen LogP contribution in [0.5, 0.6) is 5.75 Å². The van der Waals surface area contributed by atoms with Gasteiger partial charge in [0.1, 0.15) is 0 Å². The fourth-order valence-electron chi connectivity index (χ4n) is 1.37. The van der Waals surface area contributed by atoms with E-state index in [2.05, 4.69) is 5.18 Å². The van der Waals surface area contributed by atoms with E-state index in [0.29, 0.717) is 0 Å². The summed E-state index contributed by atoms with van der Waals surface area (Å²) in [6.45, 7) is 0. The molecule has 0 radical (unpaired) electrons. The van der Waals surface area contributed by atoms with Crippen molar-refractivity contribution < 1.29 is 14.8 Å². The second-order valence-electron chi connectivity index (χ2n) is 3.55. The average Bonchev–Trinajstić information content (AvgIpc) is 2.31. The van der Waals surface area contributed by atoms with Gasteiger partial charge >= 0.3 is 11.6 Å². The molecule has 0 aliphatic carbocycles. The highest BCUT2D eigenvalue weighted by molar-refractivity contribution is 5.82. The quantitative estimate of drug-likeness (QED) is 0.224. The molecular formula is C9H10N4O5. The number of nitroso groups, excluding NO2 is 1. The number of carbonyl (C=O) groups excluding carboxylic acids is 1. The van der Waals surface area contributed by atoms with Crippen molar-refractivity contribution in [3.8, 4) is 5.75 Å². The summed E-state index contributed by atoms with van der Waals surface area (Å²) in [7, 11) is 0. The Labute approximate surface area is 101 Å². The Morgan fingerprint density at radius 2 is 2.17 bits per heavy atom. The average molecular weight is 254 g/mol. The molecule has 0 spiro atoms. The number of nitro groups is 1. The van der Waals surface area contributed by atoms with Crippen molar-refractivity contribution in [2.24, 2.45) is 10.9 Å². The fraction of sp³-hybridized carbons (Fsp3) is 0.222. The number of aromatic hydroxyl groups is 1. The van der Waals surface area contributed by atoms with Gasteiger partial charge in [0.2, 0.25) is 5.75 Å². The molecule has 0 aromatic heterocycles. The Kier molecular flexibility index (Phi) is 3.89. The number of anilines is 1. The number of hydrogen-bond acceptors (Lipinski definition) is 7. The van der Waals surface area contributed by atoms with Crippen molar-refractivity contribution in [3.05, 3.63) is 32.7 Å². The van der Waals surface area contributed by atoms with E-state index >= 15 is 0 Å². The maximum atomic E-state index is 10.9. The summed E-state index contributed by atoms with van der Waals surface area (Å²) in [5.74, 6) is -1.72. The molecule has 18 heavy (non-hydrogen) atoms. The van der Waals surface area contributed by atoms with E-state index in [-0.39, 0.29) is 17.7 Å². The maximum absolute atomic E-state index is 10.9. The molecule has 96 valence electrons. The molecule has 0 saturated carbocycles. The Hall–Kier alpha value is -2.55. The van der Waals surface area contributed by atoms with Gasteiger partial charge in [-0.15, -0.1) is 4.91 Å². The predicted octanol–water partition coefficient (Wildman–Crippen LogP) is 0.0454. The lowest BCUT2D eigenvalue weighted by atomic mass is 10.0. The summed E-state index contributed by atoms with van der Waals surface area (Å²) >= 11 is 0. The van der Waals surface area contributed by atoms with Gasteiger partial charge in [0, 0.05) is 11.2 Å². The van der Waals surface area contributed by atoms with E-state index in [4.69, 9.17) is 11.5 Å². The van der Waals surface area contributed by atoms with Crippen molar-refractivity contribution in [2.45, 2.75) is 12.5 Å². The summed E-state index contributed by atoms with van der Waals surface area (Å²) in [6.07, 6.45) is -0.143. The zero-order valence-corrected chi connectivity index (χ0v) is 9.07. The van der Waals surface area contributed by atoms with Gasteiger partial charge in [0.05, 0.1) is 16.7 Å². The van der Waals surface area contributed by atoms with Crippen LogP contribution in [0.15, 0.2) is 17.3 Å². The van der Waals surface area contributed by atoms with Crippen LogP contribution in [0, 0.1) is 15.0 Å². The molecular weight excluding hydrogens is 244 g/mol. The van der Waals surface area contributed by atoms with E-state index in [9.17, 15) is 24.9 Å². The van der Waals surface area contributed by atoms with E-state index in [1.807, 2.05) is 0 Å². The summed E-state index contributed by atoms with van der Waals surface area (Å²) in [5.41, 5.74) is 10.2. The number of nitrogens with two attached hydrogens (primary N) is 2. The van der Waals surface area contributed by atoms with Crippen LogP contribution in [0.2, 0.25) is 0 Å². The first kappa shape index (κ1) is 13.5. The molecule has 0 unspecified atom stereocenters. The van der Waals surface area contributed by atoms with Crippen LogP contribution in [0.25, 0.3) is 0 Å². The van der Waals surface area contributed by atoms with Crippen LogP contribution < -0.4 is 11.5 Å². The SMILES string of the molecule is Nc1cc(C[C@H](N)C(=O)N=O)cc([N+](=O)[O-])c1O. The summed E-state index contributed by atoms with van der Waals surface area (Å²) in [5, 5.41) is 22.1. The number of nitrogen functional groups attached to an aromatic ring is 1. The molecule has 1 atom stereocenters. The lowest BCUT2D eigenvalue weighted by Gasteiger charge is -2.08. The van der Waals surface area contributed by atoms with Crippen molar-refractivity contribution in [3.63, 3.8) is 0 Å². The maximum Gasteiger partial charge on any atom is 0.313 e. The molecule has 0 fully saturated rings. The standard InChI is InChI=1S/C9H10N4O5/c10-5-1-4(2-6(11)9(15)12-16)3-7(8(5)14)13(17)18/h1,3,6,14H,2,10-11H2/t6-/m0/s1. The molecule has 0 aliphatic rings. The number of phenols is 1. The van der Waals surface area contributed by atoms with Crippen molar-refractivity contribution in [1.29, 1.82) is 0 Å². The number of carbonyl (C=O) groups is 1. The molecule has 0 saturated heterocycles. The minimum atomic E-state index is -1.20. The van der Waals surface area contributed by atoms with Crippen molar-refractivity contribution in [1.82, 2.24) is 0 Å². The van der Waals surface area contributed by atoms with E-state index < -0.39 is 28.3 Å². The molecule has 0 heterocycles. The highest BCUT2D eigenvalue weighted by Crippen LogP contribution is 2.33. The van der Waals surface area contributed by atoms with Gasteiger partial charge in [0.15, 0.2) is 0 Å². The van der Waals surface area contributed by atoms with Crippen LogP contribution in [-0.2, 0) is 11.2 Å². The number of benzene rings is 1. The number of nitrogens with zero attached hydrogens (tertiary/aromatic N) is 2. The number of amides is 1. The van der Waals surface area contributed by atoms with Gasteiger partial charge in [-0.2, -0.15) is 0 Å². The number of phenolic OH excluding ortho intramolecular Hbond substituents is 1. The predicted molar refractivity (Wildman–Crippen MR) is 61.7 cm³/mol. The fourth-order valence-corrected chi connectivity index (χ4v) is 1.37. The minimum Gasteiger partial charge on any atom is -0.501 e. The molecule has 1 amide bonds. The zero-order chi connectivity index (χ0) is 13.9. The largest absolute Gasteiger partial charge is 0.501 e. The van der Waals surface area contributed by atoms with Crippen molar-refractivity contribution in [2.75, 3.05) is 5.73 Å². The third kappa shape index (κ3) is 2.77. The first-order valence-corrected chi connectivity index (χ1v) is 4.75. The molecule has 1 aromatic carbocycles.